The Kier molecular flexibility index (Phi) is 6.95. The van der Waals surface area contributed by atoms with Crippen LogP contribution in [0.5, 0.6) is 11.5 Å². The number of H-pyrrole nitrogens is 1. The molecule has 0 unspecified atom stereocenters. The minimum atomic E-state index is -0.790. The molecule has 2 aliphatic heterocycles. The monoisotopic (exact) mass is 523 g/mol. The zero-order valence-electron chi connectivity index (χ0n) is 21.2. The van der Waals surface area contributed by atoms with Crippen LogP contribution < -0.4 is 25.9 Å². The predicted octanol–water partition coefficient (Wildman–Crippen LogP) is 2.61. The Hall–Kier alpha value is -4.48. The van der Waals surface area contributed by atoms with Crippen molar-refractivity contribution in [3.05, 3.63) is 52.0 Å². The van der Waals surface area contributed by atoms with Crippen LogP contribution in [0.15, 0.2) is 39.5 Å². The maximum atomic E-state index is 12.9. The van der Waals surface area contributed by atoms with Crippen LogP contribution in [0.4, 0.5) is 15.3 Å². The number of hydrogen-bond donors (Lipinski definition) is 3. The van der Waals surface area contributed by atoms with Gasteiger partial charge in [-0.2, -0.15) is 0 Å². The number of nitrogens with one attached hydrogen (secondary N) is 3. The van der Waals surface area contributed by atoms with E-state index in [-0.39, 0.29) is 35.9 Å². The van der Waals surface area contributed by atoms with Gasteiger partial charge in [-0.3, -0.25) is 9.78 Å². The van der Waals surface area contributed by atoms with Crippen molar-refractivity contribution in [2.75, 3.05) is 38.6 Å². The molecule has 3 N–H and O–H groups in total. The second kappa shape index (κ2) is 10.5. The molecular formula is C26H29N5O7. The molecule has 4 amide bonds. The first-order valence-electron chi connectivity index (χ1n) is 12.4. The molecule has 3 aromatic rings. The topological polar surface area (TPSA) is 146 Å². The lowest BCUT2D eigenvalue weighted by molar-refractivity contribution is -0.131. The Bertz CT molecular complexity index is 1440. The van der Waals surface area contributed by atoms with Gasteiger partial charge in [0.2, 0.25) is 5.91 Å². The molecular weight excluding hydrogens is 494 g/mol. The number of amides is 4. The Morgan fingerprint density at radius 3 is 2.66 bits per heavy atom. The van der Waals surface area contributed by atoms with E-state index in [1.807, 2.05) is 23.1 Å². The van der Waals surface area contributed by atoms with Crippen molar-refractivity contribution in [3.8, 4) is 11.5 Å². The van der Waals surface area contributed by atoms with Crippen molar-refractivity contribution in [2.24, 2.45) is 0 Å². The van der Waals surface area contributed by atoms with Gasteiger partial charge in [0, 0.05) is 37.4 Å². The molecule has 0 atom stereocenters. The van der Waals surface area contributed by atoms with Gasteiger partial charge in [0.05, 0.1) is 12.6 Å². The van der Waals surface area contributed by atoms with E-state index in [0.717, 1.165) is 17.0 Å². The molecule has 2 aromatic carbocycles. The largest absolute Gasteiger partial charge is 0.497 e. The lowest BCUT2D eigenvalue weighted by Crippen LogP contribution is -2.51. The molecule has 38 heavy (non-hydrogen) atoms. The Morgan fingerprint density at radius 2 is 1.89 bits per heavy atom. The first-order valence-corrected chi connectivity index (χ1v) is 12.4. The number of anilines is 1. The fraction of sp³-hybridized carbons (Fsp3) is 0.385. The number of aromatic nitrogens is 1. The number of carbonyl (C=O) groups excluding carboxylic acids is 3. The van der Waals surface area contributed by atoms with Crippen LogP contribution in [-0.2, 0) is 11.2 Å². The molecule has 0 spiro atoms. The number of piperidine rings is 1. The Morgan fingerprint density at radius 1 is 1.11 bits per heavy atom. The van der Waals surface area contributed by atoms with Crippen molar-refractivity contribution < 1.29 is 28.3 Å². The highest BCUT2D eigenvalue weighted by atomic mass is 16.6. The number of likely N-dealkylation sites (tertiary alicyclic amines) is 1. The van der Waals surface area contributed by atoms with Gasteiger partial charge in [0.1, 0.15) is 18.0 Å². The van der Waals surface area contributed by atoms with E-state index in [1.54, 1.807) is 25.0 Å². The lowest BCUT2D eigenvalue weighted by Gasteiger charge is -2.38. The quantitative estimate of drug-likeness (QED) is 0.466. The molecule has 2 aliphatic rings. The number of rotatable bonds is 5. The number of methoxy groups -OCH3 is 1. The van der Waals surface area contributed by atoms with Crippen LogP contribution in [0.1, 0.15) is 24.0 Å². The number of carbonyl (C=O) groups is 3. The van der Waals surface area contributed by atoms with Gasteiger partial charge in [-0.05, 0) is 61.6 Å². The van der Waals surface area contributed by atoms with E-state index < -0.39 is 11.8 Å². The molecule has 0 bridgehead atoms. The average molecular weight is 524 g/mol. The van der Waals surface area contributed by atoms with E-state index >= 15 is 0 Å². The molecule has 12 nitrogen and oxygen atoms in total. The smallest absolute Gasteiger partial charge is 0.417 e. The summed E-state index contributed by atoms with van der Waals surface area (Å²) in [6.07, 6.45) is 1.20. The van der Waals surface area contributed by atoms with E-state index in [9.17, 15) is 19.2 Å². The molecule has 3 heterocycles. The standard InChI is InChI=1S/C26H29N5O7/c1-15-11-19(13-21-23(15)29-26(35)38-21)37-25(34)27-14-22(32)30-8-6-17(7-9-30)31-10-5-16-12-18(36-2)3-4-20(16)28-24(31)33/h3-4,11-13,17H,5-10,14H2,1-2H3,(H,27,34)(H,28,33)(H,29,35). The summed E-state index contributed by atoms with van der Waals surface area (Å²) >= 11 is 0. The zero-order valence-corrected chi connectivity index (χ0v) is 21.2. The number of urea groups is 1. The van der Waals surface area contributed by atoms with Gasteiger partial charge in [-0.25, -0.2) is 14.4 Å². The van der Waals surface area contributed by atoms with Gasteiger partial charge >= 0.3 is 17.9 Å². The number of nitrogens with zero attached hydrogens (tertiary/aromatic N) is 2. The highest BCUT2D eigenvalue weighted by molar-refractivity contribution is 5.91. The summed E-state index contributed by atoms with van der Waals surface area (Å²) in [4.78, 5) is 55.3. The third-order valence-corrected chi connectivity index (χ3v) is 6.99. The first kappa shape index (κ1) is 25.2. The van der Waals surface area contributed by atoms with E-state index in [4.69, 9.17) is 13.9 Å². The van der Waals surface area contributed by atoms with Crippen molar-refractivity contribution in [1.82, 2.24) is 20.1 Å². The number of ether oxygens (including phenoxy) is 2. The van der Waals surface area contributed by atoms with Gasteiger partial charge < -0.3 is 34.3 Å². The number of hydrogen-bond acceptors (Lipinski definition) is 7. The number of benzene rings is 2. The molecule has 1 aromatic heterocycles. The number of fused-ring (bicyclic) bond motifs is 2. The Balaban J connectivity index is 1.10. The summed E-state index contributed by atoms with van der Waals surface area (Å²) in [5, 5.41) is 5.46. The lowest BCUT2D eigenvalue weighted by atomic mass is 10.0. The van der Waals surface area contributed by atoms with E-state index in [2.05, 4.69) is 15.6 Å². The Labute approximate surface area is 217 Å². The maximum absolute atomic E-state index is 12.9. The highest BCUT2D eigenvalue weighted by Crippen LogP contribution is 2.28. The summed E-state index contributed by atoms with van der Waals surface area (Å²) in [6, 6.07) is 8.51. The molecule has 0 saturated carbocycles. The summed E-state index contributed by atoms with van der Waals surface area (Å²) in [5.41, 5.74) is 3.30. The second-order valence-corrected chi connectivity index (χ2v) is 9.38. The van der Waals surface area contributed by atoms with E-state index in [0.29, 0.717) is 50.0 Å². The van der Waals surface area contributed by atoms with Crippen molar-refractivity contribution in [2.45, 2.75) is 32.2 Å². The van der Waals surface area contributed by atoms with Gasteiger partial charge in [-0.15, -0.1) is 0 Å². The van der Waals surface area contributed by atoms with Crippen LogP contribution >= 0.6 is 0 Å². The SMILES string of the molecule is COc1ccc2c(c1)CCN(C1CCN(C(=O)CNC(=O)Oc3cc(C)c4[nH]c(=O)oc4c3)CC1)C(=O)N2. The molecule has 1 saturated heterocycles. The highest BCUT2D eigenvalue weighted by Gasteiger charge is 2.31. The van der Waals surface area contributed by atoms with Crippen LogP contribution in [0.3, 0.4) is 0 Å². The maximum Gasteiger partial charge on any atom is 0.417 e. The van der Waals surface area contributed by atoms with Crippen molar-refractivity contribution in [3.63, 3.8) is 0 Å². The average Bonchev–Trinajstić information content (AvgIpc) is 3.20. The normalized spacial score (nSPS) is 16.0. The van der Waals surface area contributed by atoms with Crippen LogP contribution in [0.2, 0.25) is 0 Å². The molecule has 5 rings (SSSR count). The summed E-state index contributed by atoms with van der Waals surface area (Å²) in [6.45, 7) is 3.07. The third kappa shape index (κ3) is 5.29. The molecule has 12 heteroatoms. The van der Waals surface area contributed by atoms with Gasteiger partial charge in [-0.1, -0.05) is 0 Å². The molecule has 0 aliphatic carbocycles. The van der Waals surface area contributed by atoms with Crippen molar-refractivity contribution in [1.29, 1.82) is 0 Å². The van der Waals surface area contributed by atoms with Crippen LogP contribution in [0.25, 0.3) is 11.1 Å². The molecule has 0 radical (unpaired) electrons. The summed E-state index contributed by atoms with van der Waals surface area (Å²) in [7, 11) is 1.61. The molecule has 1 fully saturated rings. The van der Waals surface area contributed by atoms with E-state index in [1.165, 1.54) is 6.07 Å². The minimum Gasteiger partial charge on any atom is -0.497 e. The number of oxazole rings is 1. The van der Waals surface area contributed by atoms with Crippen LogP contribution in [-0.4, -0.2) is 72.1 Å². The van der Waals surface area contributed by atoms with Gasteiger partial charge in [0.25, 0.3) is 0 Å². The minimum absolute atomic E-state index is 0.0137. The zero-order chi connectivity index (χ0) is 26.8. The summed E-state index contributed by atoms with van der Waals surface area (Å²) in [5.74, 6) is 0.116. The number of aromatic amines is 1. The summed E-state index contributed by atoms with van der Waals surface area (Å²) < 4.78 is 15.6. The predicted molar refractivity (Wildman–Crippen MR) is 138 cm³/mol. The second-order valence-electron chi connectivity index (χ2n) is 9.38. The fourth-order valence-corrected chi connectivity index (χ4v) is 4.98. The molecule has 200 valence electrons. The fourth-order valence-electron chi connectivity index (χ4n) is 4.98. The third-order valence-electron chi connectivity index (χ3n) is 6.99. The first-order chi connectivity index (χ1) is 18.3. The van der Waals surface area contributed by atoms with Crippen molar-refractivity contribution >= 4 is 34.8 Å². The van der Waals surface area contributed by atoms with Gasteiger partial charge in [0.15, 0.2) is 5.58 Å². The van der Waals surface area contributed by atoms with Crippen LogP contribution in [0, 0.1) is 6.92 Å². The number of aryl methyl sites for hydroxylation is 1.